The highest BCUT2D eigenvalue weighted by Crippen LogP contribution is 2.22. The molecule has 2 atom stereocenters. The molecule has 0 fully saturated rings. The zero-order chi connectivity index (χ0) is 15.4. The lowest BCUT2D eigenvalue weighted by molar-refractivity contribution is -0.145. The summed E-state index contributed by atoms with van der Waals surface area (Å²) in [5.41, 5.74) is -0.630. The molecule has 5 heteroatoms. The van der Waals surface area contributed by atoms with Crippen LogP contribution in [0.1, 0.15) is 48.5 Å². The molecule has 1 amide bonds. The molecule has 0 rings (SSSR count). The van der Waals surface area contributed by atoms with Crippen molar-refractivity contribution < 1.29 is 19.4 Å². The minimum absolute atomic E-state index is 0.148. The van der Waals surface area contributed by atoms with E-state index < -0.39 is 23.7 Å². The molecule has 0 radical (unpaired) electrons. The summed E-state index contributed by atoms with van der Waals surface area (Å²) in [4.78, 5) is 24.9. The van der Waals surface area contributed by atoms with E-state index in [1.54, 1.807) is 27.7 Å². The fraction of sp³-hybridized carbons (Fsp3) is 0.857. The highest BCUT2D eigenvalue weighted by molar-refractivity contribution is 5.80. The zero-order valence-corrected chi connectivity index (χ0v) is 13.1. The van der Waals surface area contributed by atoms with Gasteiger partial charge in [0.25, 0.3) is 0 Å². The molecule has 0 aromatic heterocycles. The van der Waals surface area contributed by atoms with Crippen LogP contribution < -0.4 is 0 Å². The smallest absolute Gasteiger partial charge is 0.411 e. The van der Waals surface area contributed by atoms with E-state index in [9.17, 15) is 14.7 Å². The summed E-state index contributed by atoms with van der Waals surface area (Å²) in [6, 6.07) is -0.861. The monoisotopic (exact) mass is 273 g/mol. The fourth-order valence-electron chi connectivity index (χ4n) is 1.77. The van der Waals surface area contributed by atoms with Crippen LogP contribution >= 0.6 is 0 Å². The highest BCUT2D eigenvalue weighted by atomic mass is 16.6. The largest absolute Gasteiger partial charge is 0.480 e. The molecule has 0 saturated carbocycles. The minimum atomic E-state index is -0.992. The van der Waals surface area contributed by atoms with Gasteiger partial charge in [-0.2, -0.15) is 0 Å². The van der Waals surface area contributed by atoms with E-state index in [0.717, 1.165) is 0 Å². The fourth-order valence-corrected chi connectivity index (χ4v) is 1.77. The summed E-state index contributed by atoms with van der Waals surface area (Å²) in [5, 5.41) is 9.39. The Labute approximate surface area is 115 Å². The van der Waals surface area contributed by atoms with Crippen molar-refractivity contribution in [1.82, 2.24) is 4.90 Å². The zero-order valence-electron chi connectivity index (χ0n) is 13.1. The van der Waals surface area contributed by atoms with Crippen LogP contribution in [0.2, 0.25) is 0 Å². The molecule has 0 heterocycles. The van der Waals surface area contributed by atoms with E-state index in [0.29, 0.717) is 6.54 Å². The second kappa shape index (κ2) is 6.78. The molecule has 0 aliphatic heterocycles. The summed E-state index contributed by atoms with van der Waals surface area (Å²) in [5.74, 6) is -0.975. The number of hydrogen-bond acceptors (Lipinski definition) is 3. The van der Waals surface area contributed by atoms with E-state index in [4.69, 9.17) is 4.74 Å². The number of ether oxygens (including phenoxy) is 1. The van der Waals surface area contributed by atoms with Gasteiger partial charge in [-0.1, -0.05) is 20.8 Å². The van der Waals surface area contributed by atoms with Crippen LogP contribution in [0.25, 0.3) is 0 Å². The lowest BCUT2D eigenvalue weighted by Gasteiger charge is -2.34. The molecular weight excluding hydrogens is 246 g/mol. The third-order valence-electron chi connectivity index (χ3n) is 3.11. The van der Waals surface area contributed by atoms with Crippen molar-refractivity contribution in [2.75, 3.05) is 6.54 Å². The quantitative estimate of drug-likeness (QED) is 0.836. The second-order valence-corrected chi connectivity index (χ2v) is 6.15. The molecule has 0 aromatic carbocycles. The Morgan fingerprint density at radius 2 is 1.68 bits per heavy atom. The Bertz CT molecular complexity index is 320. The number of hydrogen-bond donors (Lipinski definition) is 1. The molecule has 0 aliphatic carbocycles. The summed E-state index contributed by atoms with van der Waals surface area (Å²) < 4.78 is 5.28. The van der Waals surface area contributed by atoms with Crippen LogP contribution in [0, 0.1) is 11.8 Å². The normalized spacial score (nSPS) is 14.9. The van der Waals surface area contributed by atoms with Crippen LogP contribution in [-0.2, 0) is 9.53 Å². The van der Waals surface area contributed by atoms with Crippen LogP contribution in [0.4, 0.5) is 4.79 Å². The number of likely N-dealkylation sites (N-methyl/N-ethyl adjacent to an activating group) is 1. The van der Waals surface area contributed by atoms with Crippen LogP contribution in [0.3, 0.4) is 0 Å². The molecule has 0 aromatic rings. The minimum Gasteiger partial charge on any atom is -0.480 e. The summed E-state index contributed by atoms with van der Waals surface area (Å²) in [7, 11) is 0. The van der Waals surface area contributed by atoms with Gasteiger partial charge in [0.2, 0.25) is 0 Å². The van der Waals surface area contributed by atoms with Crippen LogP contribution in [0.15, 0.2) is 0 Å². The molecule has 19 heavy (non-hydrogen) atoms. The Morgan fingerprint density at radius 1 is 1.21 bits per heavy atom. The van der Waals surface area contributed by atoms with E-state index in [1.807, 2.05) is 20.8 Å². The van der Waals surface area contributed by atoms with Gasteiger partial charge in [0.15, 0.2) is 0 Å². The predicted octanol–water partition coefficient (Wildman–Crippen LogP) is 2.99. The van der Waals surface area contributed by atoms with Gasteiger partial charge in [-0.25, -0.2) is 9.59 Å². The third kappa shape index (κ3) is 5.49. The number of amides is 1. The van der Waals surface area contributed by atoms with E-state index in [-0.39, 0.29) is 11.8 Å². The molecule has 0 aliphatic rings. The standard InChI is InChI=1S/C14H27NO4/c1-8-15(13(18)19-14(5,6)7)11(12(16)17)10(4)9(2)3/h9-11H,8H2,1-7H3,(H,16,17)/t10-,11?/m0/s1. The SMILES string of the molecule is CCN(C(=O)OC(C)(C)C)C(C(=O)O)[C@@H](C)C(C)C. The number of carbonyl (C=O) groups is 2. The molecule has 5 nitrogen and oxygen atoms in total. The van der Waals surface area contributed by atoms with E-state index >= 15 is 0 Å². The van der Waals surface area contributed by atoms with Crippen molar-refractivity contribution in [1.29, 1.82) is 0 Å². The maximum atomic E-state index is 12.1. The maximum absolute atomic E-state index is 12.1. The number of rotatable bonds is 5. The number of carboxylic acid groups (broad SMARTS) is 1. The number of carboxylic acids is 1. The first-order valence-electron chi connectivity index (χ1n) is 6.73. The van der Waals surface area contributed by atoms with Crippen molar-refractivity contribution >= 4 is 12.1 Å². The molecule has 112 valence electrons. The lowest BCUT2D eigenvalue weighted by Crippen LogP contribution is -2.51. The van der Waals surface area contributed by atoms with Crippen molar-refractivity contribution in [3.8, 4) is 0 Å². The third-order valence-corrected chi connectivity index (χ3v) is 3.11. The molecule has 0 saturated heterocycles. The lowest BCUT2D eigenvalue weighted by atomic mass is 9.89. The number of nitrogens with zero attached hydrogens (tertiary/aromatic N) is 1. The van der Waals surface area contributed by atoms with Gasteiger partial charge in [0.1, 0.15) is 11.6 Å². The predicted molar refractivity (Wildman–Crippen MR) is 74.0 cm³/mol. The topological polar surface area (TPSA) is 66.8 Å². The second-order valence-electron chi connectivity index (χ2n) is 6.15. The Kier molecular flexibility index (Phi) is 6.33. The molecular formula is C14H27NO4. The number of carbonyl (C=O) groups excluding carboxylic acids is 1. The first-order chi connectivity index (χ1) is 8.51. The summed E-state index contributed by atoms with van der Waals surface area (Å²) >= 11 is 0. The van der Waals surface area contributed by atoms with Crippen molar-refractivity contribution in [3.63, 3.8) is 0 Å². The van der Waals surface area contributed by atoms with Gasteiger partial charge in [-0.15, -0.1) is 0 Å². The van der Waals surface area contributed by atoms with E-state index in [1.165, 1.54) is 4.90 Å². The Hall–Kier alpha value is -1.26. The van der Waals surface area contributed by atoms with Gasteiger partial charge >= 0.3 is 12.1 Å². The molecule has 0 bridgehead atoms. The maximum Gasteiger partial charge on any atom is 0.411 e. The molecule has 1 unspecified atom stereocenters. The van der Waals surface area contributed by atoms with Crippen molar-refractivity contribution in [3.05, 3.63) is 0 Å². The molecule has 1 N–H and O–H groups in total. The van der Waals surface area contributed by atoms with Crippen molar-refractivity contribution in [2.24, 2.45) is 11.8 Å². The van der Waals surface area contributed by atoms with Gasteiger partial charge in [0, 0.05) is 6.54 Å². The average Bonchev–Trinajstić information content (AvgIpc) is 2.21. The van der Waals surface area contributed by atoms with Gasteiger partial charge in [-0.05, 0) is 39.5 Å². The van der Waals surface area contributed by atoms with Crippen molar-refractivity contribution in [2.45, 2.75) is 60.1 Å². The molecule has 0 spiro atoms. The van der Waals surface area contributed by atoms with Gasteiger partial charge < -0.3 is 9.84 Å². The highest BCUT2D eigenvalue weighted by Gasteiger charge is 2.36. The van der Waals surface area contributed by atoms with Crippen LogP contribution in [0.5, 0.6) is 0 Å². The summed E-state index contributed by atoms with van der Waals surface area (Å²) in [6.07, 6.45) is -0.574. The average molecular weight is 273 g/mol. The Balaban J connectivity index is 5.16. The summed E-state index contributed by atoms with van der Waals surface area (Å²) in [6.45, 7) is 13.1. The van der Waals surface area contributed by atoms with Gasteiger partial charge in [-0.3, -0.25) is 4.90 Å². The van der Waals surface area contributed by atoms with Crippen LogP contribution in [-0.4, -0.2) is 40.3 Å². The van der Waals surface area contributed by atoms with Gasteiger partial charge in [0.05, 0.1) is 0 Å². The number of aliphatic carboxylic acids is 1. The first kappa shape index (κ1) is 17.7. The first-order valence-corrected chi connectivity index (χ1v) is 6.73. The van der Waals surface area contributed by atoms with E-state index in [2.05, 4.69) is 0 Å². The Morgan fingerprint density at radius 3 is 1.95 bits per heavy atom.